The summed E-state index contributed by atoms with van der Waals surface area (Å²) in [7, 11) is 0. The van der Waals surface area contributed by atoms with Crippen molar-refractivity contribution in [3.05, 3.63) is 0 Å². The maximum absolute atomic E-state index is 12.0. The third-order valence-electron chi connectivity index (χ3n) is 4.84. The molecule has 0 aromatic heterocycles. The SMILES string of the molecule is C#CC(C)(C)NC(=O)NC1CCC(C(=O)O)C(C)(C)C1C. The highest BCUT2D eigenvalue weighted by Gasteiger charge is 2.46. The van der Waals surface area contributed by atoms with E-state index in [1.165, 1.54) is 0 Å². The number of aliphatic carboxylic acids is 1. The molecule has 0 bridgehead atoms. The number of carboxylic acids is 1. The number of terminal acetylenes is 1. The van der Waals surface area contributed by atoms with Crippen molar-refractivity contribution in [2.24, 2.45) is 17.3 Å². The van der Waals surface area contributed by atoms with Gasteiger partial charge in [-0.05, 0) is 38.0 Å². The van der Waals surface area contributed by atoms with E-state index >= 15 is 0 Å². The van der Waals surface area contributed by atoms with Crippen LogP contribution in [0.2, 0.25) is 0 Å². The second-order valence-corrected chi connectivity index (χ2v) is 7.05. The van der Waals surface area contributed by atoms with E-state index in [0.717, 1.165) is 0 Å². The molecule has 1 rings (SSSR count). The summed E-state index contributed by atoms with van der Waals surface area (Å²) in [6.07, 6.45) is 6.58. The van der Waals surface area contributed by atoms with Gasteiger partial charge in [0.2, 0.25) is 0 Å². The molecule has 3 atom stereocenters. The van der Waals surface area contributed by atoms with Crippen LogP contribution >= 0.6 is 0 Å². The monoisotopic (exact) mass is 294 g/mol. The van der Waals surface area contributed by atoms with Gasteiger partial charge in [0, 0.05) is 6.04 Å². The average Bonchev–Trinajstić information content (AvgIpc) is 2.34. The van der Waals surface area contributed by atoms with Crippen LogP contribution in [-0.4, -0.2) is 28.7 Å². The number of carbonyl (C=O) groups excluding carboxylic acids is 1. The van der Waals surface area contributed by atoms with E-state index in [1.54, 1.807) is 13.8 Å². The third kappa shape index (κ3) is 3.90. The molecule has 21 heavy (non-hydrogen) atoms. The zero-order valence-corrected chi connectivity index (χ0v) is 13.5. The van der Waals surface area contributed by atoms with Gasteiger partial charge in [0.05, 0.1) is 11.5 Å². The van der Waals surface area contributed by atoms with E-state index in [4.69, 9.17) is 6.42 Å². The lowest BCUT2D eigenvalue weighted by Crippen LogP contribution is -2.56. The Hall–Kier alpha value is -1.70. The number of carbonyl (C=O) groups is 2. The maximum Gasteiger partial charge on any atom is 0.316 e. The van der Waals surface area contributed by atoms with Crippen molar-refractivity contribution in [3.63, 3.8) is 0 Å². The number of amides is 2. The average molecular weight is 294 g/mol. The van der Waals surface area contributed by atoms with Crippen molar-refractivity contribution in [1.29, 1.82) is 0 Å². The molecular formula is C16H26N2O3. The molecule has 0 aromatic rings. The van der Waals surface area contributed by atoms with E-state index in [1.807, 2.05) is 20.8 Å². The Balaban J connectivity index is 2.73. The van der Waals surface area contributed by atoms with Crippen LogP contribution in [0, 0.1) is 29.6 Å². The number of nitrogens with one attached hydrogen (secondary N) is 2. The van der Waals surface area contributed by atoms with Crippen molar-refractivity contribution in [1.82, 2.24) is 10.6 Å². The molecule has 0 aliphatic heterocycles. The van der Waals surface area contributed by atoms with Crippen molar-refractivity contribution < 1.29 is 14.7 Å². The molecule has 1 aliphatic rings. The zero-order chi connectivity index (χ0) is 16.4. The molecular weight excluding hydrogens is 268 g/mol. The smallest absolute Gasteiger partial charge is 0.316 e. The molecule has 0 heterocycles. The van der Waals surface area contributed by atoms with Gasteiger partial charge in [-0.3, -0.25) is 4.79 Å². The molecule has 0 spiro atoms. The van der Waals surface area contributed by atoms with Gasteiger partial charge < -0.3 is 15.7 Å². The summed E-state index contributed by atoms with van der Waals surface area (Å²) in [5.74, 6) is 1.43. The topological polar surface area (TPSA) is 78.4 Å². The van der Waals surface area contributed by atoms with E-state index < -0.39 is 11.5 Å². The number of carboxylic acid groups (broad SMARTS) is 1. The Bertz CT molecular complexity index is 463. The summed E-state index contributed by atoms with van der Waals surface area (Å²) < 4.78 is 0. The second-order valence-electron chi connectivity index (χ2n) is 7.05. The van der Waals surface area contributed by atoms with Gasteiger partial charge in [0.25, 0.3) is 0 Å². The predicted octanol–water partition coefficient (Wildman–Crippen LogP) is 2.22. The van der Waals surface area contributed by atoms with Crippen LogP contribution in [0.25, 0.3) is 0 Å². The van der Waals surface area contributed by atoms with Gasteiger partial charge in [-0.15, -0.1) is 6.42 Å². The lowest BCUT2D eigenvalue weighted by Gasteiger charge is -2.46. The Morgan fingerprint density at radius 3 is 2.38 bits per heavy atom. The highest BCUT2D eigenvalue weighted by Crippen LogP contribution is 2.45. The van der Waals surface area contributed by atoms with Gasteiger partial charge >= 0.3 is 12.0 Å². The molecule has 5 nitrogen and oxygen atoms in total. The summed E-state index contributed by atoms with van der Waals surface area (Å²) in [5.41, 5.74) is -1.08. The van der Waals surface area contributed by atoms with Crippen molar-refractivity contribution in [2.45, 2.75) is 59.0 Å². The molecule has 1 aliphatic carbocycles. The van der Waals surface area contributed by atoms with Gasteiger partial charge in [-0.25, -0.2) is 4.79 Å². The molecule has 0 radical (unpaired) electrons. The molecule has 2 amide bonds. The molecule has 3 N–H and O–H groups in total. The number of hydrogen-bond donors (Lipinski definition) is 3. The molecule has 1 fully saturated rings. The van der Waals surface area contributed by atoms with Gasteiger partial charge in [-0.1, -0.05) is 26.7 Å². The lowest BCUT2D eigenvalue weighted by molar-refractivity contribution is -0.150. The van der Waals surface area contributed by atoms with Crippen LogP contribution in [0.5, 0.6) is 0 Å². The quantitative estimate of drug-likeness (QED) is 0.698. The fourth-order valence-electron chi connectivity index (χ4n) is 2.97. The van der Waals surface area contributed by atoms with Crippen LogP contribution in [0.15, 0.2) is 0 Å². The molecule has 118 valence electrons. The van der Waals surface area contributed by atoms with E-state index in [9.17, 15) is 14.7 Å². The first-order valence-corrected chi connectivity index (χ1v) is 7.30. The van der Waals surface area contributed by atoms with Crippen LogP contribution in [0.1, 0.15) is 47.5 Å². The predicted molar refractivity (Wildman–Crippen MR) is 81.7 cm³/mol. The highest BCUT2D eigenvalue weighted by molar-refractivity contribution is 5.76. The van der Waals surface area contributed by atoms with Crippen molar-refractivity contribution >= 4 is 12.0 Å². The van der Waals surface area contributed by atoms with Gasteiger partial charge in [0.15, 0.2) is 0 Å². The molecule has 1 saturated carbocycles. The maximum atomic E-state index is 12.0. The minimum Gasteiger partial charge on any atom is -0.481 e. The Morgan fingerprint density at radius 1 is 1.33 bits per heavy atom. The molecule has 0 aromatic carbocycles. The summed E-state index contributed by atoms with van der Waals surface area (Å²) in [6.45, 7) is 9.40. The van der Waals surface area contributed by atoms with Gasteiger partial charge in [0.1, 0.15) is 0 Å². The van der Waals surface area contributed by atoms with E-state index in [-0.39, 0.29) is 29.3 Å². The van der Waals surface area contributed by atoms with Crippen LogP contribution < -0.4 is 10.6 Å². The Kier molecular flexibility index (Phi) is 4.93. The fraction of sp³-hybridized carbons (Fsp3) is 0.750. The third-order valence-corrected chi connectivity index (χ3v) is 4.84. The highest BCUT2D eigenvalue weighted by atomic mass is 16.4. The Labute approximate surface area is 126 Å². The number of hydrogen-bond acceptors (Lipinski definition) is 2. The minimum absolute atomic E-state index is 0.0517. The van der Waals surface area contributed by atoms with Crippen molar-refractivity contribution in [2.75, 3.05) is 0 Å². The number of rotatable bonds is 3. The first kappa shape index (κ1) is 17.4. The first-order chi connectivity index (χ1) is 9.51. The number of urea groups is 1. The summed E-state index contributed by atoms with van der Waals surface area (Å²) in [6, 6.07) is -0.358. The van der Waals surface area contributed by atoms with E-state index in [0.29, 0.717) is 12.8 Å². The fourth-order valence-corrected chi connectivity index (χ4v) is 2.97. The standard InChI is InChI=1S/C16H26N2O3/c1-7-15(3,4)18-14(21)17-12-9-8-11(13(19)20)16(5,6)10(12)2/h1,10-12H,8-9H2,2-6H3,(H,19,20)(H2,17,18,21). The lowest BCUT2D eigenvalue weighted by atomic mass is 9.61. The summed E-state index contributed by atoms with van der Waals surface area (Å²) in [4.78, 5) is 23.4. The largest absolute Gasteiger partial charge is 0.481 e. The Morgan fingerprint density at radius 2 is 1.90 bits per heavy atom. The second kappa shape index (κ2) is 5.97. The minimum atomic E-state index is -0.761. The molecule has 0 saturated heterocycles. The summed E-state index contributed by atoms with van der Waals surface area (Å²) in [5, 5.41) is 15.0. The van der Waals surface area contributed by atoms with Gasteiger partial charge in [-0.2, -0.15) is 0 Å². The van der Waals surface area contributed by atoms with Crippen LogP contribution in [0.4, 0.5) is 4.79 Å². The first-order valence-electron chi connectivity index (χ1n) is 7.30. The van der Waals surface area contributed by atoms with Crippen LogP contribution in [-0.2, 0) is 4.79 Å². The van der Waals surface area contributed by atoms with Crippen LogP contribution in [0.3, 0.4) is 0 Å². The normalized spacial score (nSPS) is 28.3. The van der Waals surface area contributed by atoms with E-state index in [2.05, 4.69) is 16.6 Å². The molecule has 5 heteroatoms. The van der Waals surface area contributed by atoms with Crippen molar-refractivity contribution in [3.8, 4) is 12.3 Å². The molecule has 3 unspecified atom stereocenters. The summed E-state index contributed by atoms with van der Waals surface area (Å²) >= 11 is 0. The zero-order valence-electron chi connectivity index (χ0n) is 13.5.